The normalized spacial score (nSPS) is 12.3. The zero-order valence-corrected chi connectivity index (χ0v) is 11.0. The second-order valence-electron chi connectivity index (χ2n) is 2.22. The van der Waals surface area contributed by atoms with Crippen molar-refractivity contribution in [1.29, 1.82) is 0 Å². The Hall–Kier alpha value is -0.110. The smallest absolute Gasteiger partial charge is 0.357 e. The van der Waals surface area contributed by atoms with Gasteiger partial charge in [-0.2, -0.15) is 4.21 Å². The molecule has 78 valence electrons. The first-order valence-corrected chi connectivity index (χ1v) is 5.98. The van der Waals surface area contributed by atoms with Crippen molar-refractivity contribution in [2.45, 2.75) is 0 Å². The van der Waals surface area contributed by atoms with Gasteiger partial charge < -0.3 is 8.92 Å². The highest BCUT2D eigenvalue weighted by Crippen LogP contribution is 2.36. The summed E-state index contributed by atoms with van der Waals surface area (Å²) in [5.74, 6) is 0.763. The Balaban J connectivity index is 3.10. The van der Waals surface area contributed by atoms with Crippen LogP contribution in [0.4, 0.5) is 0 Å². The first-order chi connectivity index (χ1) is 6.54. The molecule has 0 amide bonds. The van der Waals surface area contributed by atoms with Gasteiger partial charge in [-0.05, 0) is 37.9 Å². The van der Waals surface area contributed by atoms with Gasteiger partial charge in [0.15, 0.2) is 5.75 Å². The predicted molar refractivity (Wildman–Crippen MR) is 59.8 cm³/mol. The summed E-state index contributed by atoms with van der Waals surface area (Å²) >= 11 is 4.10. The van der Waals surface area contributed by atoms with Crippen molar-refractivity contribution in [2.75, 3.05) is 7.11 Å². The molecule has 0 fully saturated rings. The maximum atomic E-state index is 10.4. The highest BCUT2D eigenvalue weighted by molar-refractivity contribution is 9.11. The lowest BCUT2D eigenvalue weighted by atomic mass is 10.3. The van der Waals surface area contributed by atoms with Crippen LogP contribution < -0.4 is 8.92 Å². The standard InChI is InChI=1S/C7H6Br2O4S/c1-12-6-3-7(13-14(10)11)5(9)2-4(6)8/h2-3H,1H3,(H,10,11). The van der Waals surface area contributed by atoms with Gasteiger partial charge in [0.25, 0.3) is 0 Å². The lowest BCUT2D eigenvalue weighted by Crippen LogP contribution is -1.98. The van der Waals surface area contributed by atoms with Crippen molar-refractivity contribution in [3.05, 3.63) is 21.1 Å². The molecular weight excluding hydrogens is 340 g/mol. The number of benzene rings is 1. The number of rotatable bonds is 3. The van der Waals surface area contributed by atoms with Crippen molar-refractivity contribution in [2.24, 2.45) is 0 Å². The summed E-state index contributed by atoms with van der Waals surface area (Å²) in [5.41, 5.74) is 0. The minimum atomic E-state index is -2.34. The summed E-state index contributed by atoms with van der Waals surface area (Å²) in [6.45, 7) is 0. The van der Waals surface area contributed by atoms with Gasteiger partial charge in [0, 0.05) is 6.07 Å². The zero-order chi connectivity index (χ0) is 10.7. The molecule has 1 aromatic carbocycles. The summed E-state index contributed by atoms with van der Waals surface area (Å²) in [5, 5.41) is 0. The predicted octanol–water partition coefficient (Wildman–Crippen LogP) is 2.74. The molecule has 1 unspecified atom stereocenters. The second-order valence-corrected chi connectivity index (χ2v) is 4.53. The van der Waals surface area contributed by atoms with E-state index in [-0.39, 0.29) is 5.75 Å². The SMILES string of the molecule is COc1cc(OS(=O)O)c(Br)cc1Br. The number of halogens is 2. The number of hydrogen-bond donors (Lipinski definition) is 1. The molecule has 0 saturated carbocycles. The maximum absolute atomic E-state index is 10.4. The van der Waals surface area contributed by atoms with Crippen molar-refractivity contribution in [1.82, 2.24) is 0 Å². The third-order valence-corrected chi connectivity index (χ3v) is 2.93. The average molecular weight is 346 g/mol. The molecule has 14 heavy (non-hydrogen) atoms. The van der Waals surface area contributed by atoms with Crippen LogP contribution in [-0.4, -0.2) is 15.9 Å². The van der Waals surface area contributed by atoms with Gasteiger partial charge in [-0.15, -0.1) is 0 Å². The molecule has 1 N–H and O–H groups in total. The minimum Gasteiger partial charge on any atom is -0.495 e. The molecule has 0 spiro atoms. The van der Waals surface area contributed by atoms with Gasteiger partial charge in [-0.3, -0.25) is 4.55 Å². The topological polar surface area (TPSA) is 55.8 Å². The molecule has 0 saturated heterocycles. The van der Waals surface area contributed by atoms with Gasteiger partial charge in [0.05, 0.1) is 16.1 Å². The van der Waals surface area contributed by atoms with E-state index in [0.717, 1.165) is 4.47 Å². The van der Waals surface area contributed by atoms with Crippen molar-refractivity contribution >= 4 is 43.2 Å². The van der Waals surface area contributed by atoms with Gasteiger partial charge >= 0.3 is 11.4 Å². The fourth-order valence-electron chi connectivity index (χ4n) is 0.808. The van der Waals surface area contributed by atoms with Gasteiger partial charge in [-0.1, -0.05) is 0 Å². The molecule has 4 nitrogen and oxygen atoms in total. The van der Waals surface area contributed by atoms with Crippen LogP contribution >= 0.6 is 31.9 Å². The third-order valence-electron chi connectivity index (χ3n) is 1.37. The first kappa shape index (κ1) is 12.0. The Morgan fingerprint density at radius 1 is 1.29 bits per heavy atom. The maximum Gasteiger partial charge on any atom is 0.357 e. The lowest BCUT2D eigenvalue weighted by Gasteiger charge is -2.07. The molecule has 0 radical (unpaired) electrons. The van der Waals surface area contributed by atoms with Gasteiger partial charge in [-0.25, -0.2) is 0 Å². The van der Waals surface area contributed by atoms with E-state index in [1.165, 1.54) is 13.2 Å². The number of ether oxygens (including phenoxy) is 1. The van der Waals surface area contributed by atoms with E-state index < -0.39 is 11.4 Å². The lowest BCUT2D eigenvalue weighted by molar-refractivity contribution is 0.407. The van der Waals surface area contributed by atoms with E-state index in [2.05, 4.69) is 36.0 Å². The van der Waals surface area contributed by atoms with Gasteiger partial charge in [0.2, 0.25) is 0 Å². The van der Waals surface area contributed by atoms with Crippen LogP contribution in [0.2, 0.25) is 0 Å². The summed E-state index contributed by atoms with van der Waals surface area (Å²) in [6, 6.07) is 3.17. The average Bonchev–Trinajstić information content (AvgIpc) is 2.09. The van der Waals surface area contributed by atoms with Crippen LogP contribution in [0.1, 0.15) is 0 Å². The summed E-state index contributed by atoms with van der Waals surface area (Å²) in [4.78, 5) is 0. The van der Waals surface area contributed by atoms with Crippen LogP contribution in [0.25, 0.3) is 0 Å². The number of hydrogen-bond acceptors (Lipinski definition) is 3. The molecule has 0 bridgehead atoms. The van der Waals surface area contributed by atoms with Crippen LogP contribution in [0.3, 0.4) is 0 Å². The monoisotopic (exact) mass is 344 g/mol. The molecule has 0 heterocycles. The largest absolute Gasteiger partial charge is 0.495 e. The molecule has 1 atom stereocenters. The summed E-state index contributed by atoms with van der Waals surface area (Å²) in [7, 11) is 1.49. The Bertz CT molecular complexity index is 369. The molecule has 1 rings (SSSR count). The van der Waals surface area contributed by atoms with E-state index in [0.29, 0.717) is 10.2 Å². The summed E-state index contributed by atoms with van der Waals surface area (Å²) < 4.78 is 29.9. The van der Waals surface area contributed by atoms with Crippen LogP contribution in [0.15, 0.2) is 21.1 Å². The number of methoxy groups -OCH3 is 1. The fourth-order valence-corrected chi connectivity index (χ4v) is 2.44. The van der Waals surface area contributed by atoms with E-state index in [1.54, 1.807) is 6.07 Å². The van der Waals surface area contributed by atoms with E-state index in [1.807, 2.05) is 0 Å². The summed E-state index contributed by atoms with van der Waals surface area (Å²) in [6.07, 6.45) is 0. The first-order valence-electron chi connectivity index (χ1n) is 3.37. The molecule has 0 aliphatic rings. The Kier molecular flexibility index (Phi) is 4.36. The third kappa shape index (κ3) is 2.94. The molecule has 1 aromatic rings. The van der Waals surface area contributed by atoms with E-state index >= 15 is 0 Å². The Labute approximate surface area is 100 Å². The van der Waals surface area contributed by atoms with Gasteiger partial charge in [0.1, 0.15) is 5.75 Å². The fraction of sp³-hybridized carbons (Fsp3) is 0.143. The van der Waals surface area contributed by atoms with E-state index in [9.17, 15) is 4.21 Å². The highest BCUT2D eigenvalue weighted by atomic mass is 79.9. The molecule has 0 aromatic heterocycles. The Morgan fingerprint density at radius 2 is 1.86 bits per heavy atom. The Morgan fingerprint density at radius 3 is 2.36 bits per heavy atom. The van der Waals surface area contributed by atoms with Crippen molar-refractivity contribution < 1.29 is 17.7 Å². The quantitative estimate of drug-likeness (QED) is 0.856. The minimum absolute atomic E-state index is 0.242. The second kappa shape index (κ2) is 5.11. The molecule has 0 aliphatic carbocycles. The van der Waals surface area contributed by atoms with E-state index in [4.69, 9.17) is 9.29 Å². The zero-order valence-electron chi connectivity index (χ0n) is 6.99. The molecular formula is C7H6Br2O4S. The molecule has 0 aliphatic heterocycles. The van der Waals surface area contributed by atoms with Crippen molar-refractivity contribution in [3.63, 3.8) is 0 Å². The van der Waals surface area contributed by atoms with Crippen LogP contribution in [0, 0.1) is 0 Å². The van der Waals surface area contributed by atoms with Crippen LogP contribution in [-0.2, 0) is 11.4 Å². The van der Waals surface area contributed by atoms with Crippen LogP contribution in [0.5, 0.6) is 11.5 Å². The molecule has 7 heteroatoms. The highest BCUT2D eigenvalue weighted by Gasteiger charge is 2.10. The van der Waals surface area contributed by atoms with Crippen molar-refractivity contribution in [3.8, 4) is 11.5 Å².